The van der Waals surface area contributed by atoms with Crippen molar-refractivity contribution >= 4 is 29.0 Å². The molecule has 7 nitrogen and oxygen atoms in total. The summed E-state index contributed by atoms with van der Waals surface area (Å²) in [6, 6.07) is -0.277. The van der Waals surface area contributed by atoms with Crippen LogP contribution < -0.4 is 15.5 Å². The second-order valence-corrected chi connectivity index (χ2v) is 6.12. The van der Waals surface area contributed by atoms with Crippen molar-refractivity contribution in [3.05, 3.63) is 28.5 Å². The summed E-state index contributed by atoms with van der Waals surface area (Å²) in [6.45, 7) is 4.52. The summed E-state index contributed by atoms with van der Waals surface area (Å²) in [4.78, 5) is 26.4. The summed E-state index contributed by atoms with van der Waals surface area (Å²) in [5.74, 6) is 0.774. The number of nitrogens with zero attached hydrogens (tertiary/aromatic N) is 4. The molecule has 0 saturated heterocycles. The first-order valence-corrected chi connectivity index (χ1v) is 7.80. The van der Waals surface area contributed by atoms with Crippen LogP contribution in [-0.4, -0.2) is 41.6 Å². The third kappa shape index (κ3) is 4.39. The van der Waals surface area contributed by atoms with Gasteiger partial charge in [0.2, 0.25) is 5.95 Å². The van der Waals surface area contributed by atoms with E-state index in [0.29, 0.717) is 18.2 Å². The Bertz CT molecular complexity index is 625. The van der Waals surface area contributed by atoms with Crippen molar-refractivity contribution < 1.29 is 4.79 Å². The van der Waals surface area contributed by atoms with E-state index in [0.717, 1.165) is 10.7 Å². The van der Waals surface area contributed by atoms with E-state index in [1.54, 1.807) is 28.6 Å². The van der Waals surface area contributed by atoms with Gasteiger partial charge in [0.25, 0.3) is 0 Å². The van der Waals surface area contributed by atoms with Crippen molar-refractivity contribution in [2.45, 2.75) is 19.8 Å². The van der Waals surface area contributed by atoms with Crippen molar-refractivity contribution in [1.82, 2.24) is 20.3 Å². The van der Waals surface area contributed by atoms with Crippen molar-refractivity contribution in [3.63, 3.8) is 0 Å². The molecule has 2 aromatic rings. The predicted octanol–water partition coefficient (Wildman–Crippen LogP) is 2.23. The number of urea groups is 1. The number of rotatable bonds is 5. The second kappa shape index (κ2) is 7.17. The molecule has 1 atom stereocenters. The number of aryl methyl sites for hydroxylation is 1. The van der Waals surface area contributed by atoms with Gasteiger partial charge in [0.1, 0.15) is 0 Å². The van der Waals surface area contributed by atoms with Gasteiger partial charge in [0.05, 0.1) is 23.1 Å². The molecule has 2 N–H and O–H groups in total. The fourth-order valence-electron chi connectivity index (χ4n) is 1.72. The van der Waals surface area contributed by atoms with Crippen molar-refractivity contribution in [1.29, 1.82) is 0 Å². The smallest absolute Gasteiger partial charge is 0.319 e. The zero-order valence-corrected chi connectivity index (χ0v) is 13.9. The molecule has 0 radical (unpaired) electrons. The maximum atomic E-state index is 11.9. The first-order valence-electron chi connectivity index (χ1n) is 6.92. The molecule has 118 valence electrons. The van der Waals surface area contributed by atoms with Crippen molar-refractivity contribution in [2.24, 2.45) is 0 Å². The van der Waals surface area contributed by atoms with Gasteiger partial charge in [-0.1, -0.05) is 6.92 Å². The van der Waals surface area contributed by atoms with Crippen LogP contribution in [0.15, 0.2) is 17.8 Å². The average molecular weight is 320 g/mol. The number of thiazole rings is 1. The number of nitrogens with one attached hydrogen (secondary N) is 2. The van der Waals surface area contributed by atoms with E-state index in [-0.39, 0.29) is 11.9 Å². The normalized spacial score (nSPS) is 11.8. The van der Waals surface area contributed by atoms with Gasteiger partial charge < -0.3 is 15.5 Å². The number of carbonyl (C=O) groups is 1. The summed E-state index contributed by atoms with van der Waals surface area (Å²) >= 11 is 1.61. The Morgan fingerprint density at radius 3 is 2.59 bits per heavy atom. The number of hydrogen-bond donors (Lipinski definition) is 2. The molecule has 2 amide bonds. The van der Waals surface area contributed by atoms with Gasteiger partial charge >= 0.3 is 6.03 Å². The van der Waals surface area contributed by atoms with Crippen LogP contribution in [0.3, 0.4) is 0 Å². The molecular formula is C14H20N6OS. The number of carbonyl (C=O) groups excluding carboxylic acids is 1. The van der Waals surface area contributed by atoms with Crippen molar-refractivity contribution in [3.8, 4) is 0 Å². The van der Waals surface area contributed by atoms with Gasteiger partial charge in [0.15, 0.2) is 0 Å². The maximum absolute atomic E-state index is 11.9. The molecule has 0 aliphatic rings. The lowest BCUT2D eigenvalue weighted by Gasteiger charge is -2.12. The molecule has 0 aromatic carbocycles. The minimum atomic E-state index is -0.277. The van der Waals surface area contributed by atoms with Crippen LogP contribution in [0, 0.1) is 6.92 Å². The van der Waals surface area contributed by atoms with E-state index in [2.05, 4.69) is 25.6 Å². The third-order valence-electron chi connectivity index (χ3n) is 2.92. The van der Waals surface area contributed by atoms with Crippen molar-refractivity contribution in [2.75, 3.05) is 30.9 Å². The Kier molecular flexibility index (Phi) is 5.26. The van der Waals surface area contributed by atoms with Gasteiger partial charge in [-0.2, -0.15) is 0 Å². The largest absolute Gasteiger partial charge is 0.347 e. The molecule has 0 saturated carbocycles. The molecule has 0 aliphatic carbocycles. The average Bonchev–Trinajstić information content (AvgIpc) is 2.92. The standard InChI is InChI=1S/C14H20N6OS/c1-9(12-18-10(2)8-22-12)5-17-14(21)19-11-6-15-13(16-7-11)20(3)4/h6-9H,5H2,1-4H3,(H2,17,19,21). The van der Waals surface area contributed by atoms with Crippen LogP contribution >= 0.6 is 11.3 Å². The molecule has 2 aromatic heterocycles. The summed E-state index contributed by atoms with van der Waals surface area (Å²) in [5, 5.41) is 8.57. The highest BCUT2D eigenvalue weighted by Crippen LogP contribution is 2.18. The first kappa shape index (κ1) is 16.2. The van der Waals surface area contributed by atoms with Gasteiger partial charge in [-0.05, 0) is 6.92 Å². The molecule has 8 heteroatoms. The maximum Gasteiger partial charge on any atom is 0.319 e. The summed E-state index contributed by atoms with van der Waals surface area (Å²) in [7, 11) is 3.72. The number of hydrogen-bond acceptors (Lipinski definition) is 6. The quantitative estimate of drug-likeness (QED) is 0.883. The number of aromatic nitrogens is 3. The molecule has 0 fully saturated rings. The lowest BCUT2D eigenvalue weighted by atomic mass is 10.2. The fourth-order valence-corrected chi connectivity index (χ4v) is 2.58. The first-order chi connectivity index (χ1) is 10.5. The number of amides is 2. The van der Waals surface area contributed by atoms with Crippen LogP contribution in [0.2, 0.25) is 0 Å². The summed E-state index contributed by atoms with van der Waals surface area (Å²) in [5.41, 5.74) is 1.57. The van der Waals surface area contributed by atoms with Crippen LogP contribution in [0.4, 0.5) is 16.4 Å². The van der Waals surface area contributed by atoms with Gasteiger partial charge in [-0.25, -0.2) is 19.7 Å². The van der Waals surface area contributed by atoms with Crippen LogP contribution in [0.5, 0.6) is 0 Å². The Hall–Kier alpha value is -2.22. The van der Waals surface area contributed by atoms with Crippen LogP contribution in [-0.2, 0) is 0 Å². The molecule has 0 bridgehead atoms. The van der Waals surface area contributed by atoms with E-state index in [1.165, 1.54) is 0 Å². The SMILES string of the molecule is Cc1csc(C(C)CNC(=O)Nc2cnc(N(C)C)nc2)n1. The fraction of sp³-hybridized carbons (Fsp3) is 0.429. The highest BCUT2D eigenvalue weighted by Gasteiger charge is 2.11. The highest BCUT2D eigenvalue weighted by molar-refractivity contribution is 7.09. The van der Waals surface area contributed by atoms with E-state index in [9.17, 15) is 4.79 Å². The molecular weight excluding hydrogens is 300 g/mol. The van der Waals surface area contributed by atoms with E-state index in [4.69, 9.17) is 0 Å². The van der Waals surface area contributed by atoms with Gasteiger partial charge in [0, 0.05) is 37.6 Å². The van der Waals surface area contributed by atoms with E-state index < -0.39 is 0 Å². The summed E-state index contributed by atoms with van der Waals surface area (Å²) < 4.78 is 0. The molecule has 0 spiro atoms. The molecule has 0 aliphatic heterocycles. The molecule has 22 heavy (non-hydrogen) atoms. The van der Waals surface area contributed by atoms with E-state index >= 15 is 0 Å². The lowest BCUT2D eigenvalue weighted by Crippen LogP contribution is -2.31. The minimum Gasteiger partial charge on any atom is -0.347 e. The summed E-state index contributed by atoms with van der Waals surface area (Å²) in [6.07, 6.45) is 3.16. The monoisotopic (exact) mass is 320 g/mol. The second-order valence-electron chi connectivity index (χ2n) is 5.23. The zero-order chi connectivity index (χ0) is 16.1. The molecule has 2 heterocycles. The van der Waals surface area contributed by atoms with Gasteiger partial charge in [-0.3, -0.25) is 0 Å². The zero-order valence-electron chi connectivity index (χ0n) is 13.1. The Morgan fingerprint density at radius 2 is 2.05 bits per heavy atom. The Balaban J connectivity index is 1.82. The third-order valence-corrected chi connectivity index (χ3v) is 4.12. The number of anilines is 2. The molecule has 1 unspecified atom stereocenters. The molecule has 2 rings (SSSR count). The Morgan fingerprint density at radius 1 is 1.36 bits per heavy atom. The van der Waals surface area contributed by atoms with Gasteiger partial charge in [-0.15, -0.1) is 11.3 Å². The minimum absolute atomic E-state index is 0.178. The highest BCUT2D eigenvalue weighted by atomic mass is 32.1. The van der Waals surface area contributed by atoms with E-state index in [1.807, 2.05) is 33.3 Å². The van der Waals surface area contributed by atoms with Crippen LogP contribution in [0.25, 0.3) is 0 Å². The predicted molar refractivity (Wildman–Crippen MR) is 88.6 cm³/mol. The van der Waals surface area contributed by atoms with Crippen LogP contribution in [0.1, 0.15) is 23.5 Å². The topological polar surface area (TPSA) is 83.0 Å². The Labute approximate surface area is 133 Å². The lowest BCUT2D eigenvalue weighted by molar-refractivity contribution is 0.251.